The van der Waals surface area contributed by atoms with Crippen LogP contribution in [-0.4, -0.2) is 48.4 Å². The standard InChI is InChI=1S/C13H22N4O/c1-9-6-15-11(10(2)13(9)14)7-17(5)8-12(18)16(3)4/h6H,7-8H2,1-5H3,(H2,14,15). The summed E-state index contributed by atoms with van der Waals surface area (Å²) in [5, 5.41) is 0. The number of rotatable bonds is 4. The minimum absolute atomic E-state index is 0.0789. The van der Waals surface area contributed by atoms with E-state index in [2.05, 4.69) is 4.98 Å². The smallest absolute Gasteiger partial charge is 0.236 e. The Labute approximate surface area is 109 Å². The lowest BCUT2D eigenvalue weighted by atomic mass is 10.1. The zero-order valence-electron chi connectivity index (χ0n) is 11.8. The molecule has 0 aliphatic heterocycles. The largest absolute Gasteiger partial charge is 0.398 e. The third-order valence-corrected chi connectivity index (χ3v) is 3.00. The van der Waals surface area contributed by atoms with Gasteiger partial charge in [0.1, 0.15) is 0 Å². The second kappa shape index (κ2) is 5.82. The van der Waals surface area contributed by atoms with E-state index in [4.69, 9.17) is 5.73 Å². The highest BCUT2D eigenvalue weighted by Crippen LogP contribution is 2.18. The van der Waals surface area contributed by atoms with E-state index < -0.39 is 0 Å². The van der Waals surface area contributed by atoms with Crippen LogP contribution in [0.15, 0.2) is 6.20 Å². The summed E-state index contributed by atoms with van der Waals surface area (Å²) in [7, 11) is 5.41. The molecular formula is C13H22N4O. The first-order valence-corrected chi connectivity index (χ1v) is 5.92. The minimum Gasteiger partial charge on any atom is -0.398 e. The molecule has 1 amide bonds. The second-order valence-corrected chi connectivity index (χ2v) is 4.89. The lowest BCUT2D eigenvalue weighted by Gasteiger charge is -2.20. The number of amides is 1. The molecule has 0 fully saturated rings. The first kappa shape index (κ1) is 14.4. The zero-order valence-corrected chi connectivity index (χ0v) is 11.8. The van der Waals surface area contributed by atoms with Gasteiger partial charge in [0.2, 0.25) is 5.91 Å². The van der Waals surface area contributed by atoms with Gasteiger partial charge in [-0.2, -0.15) is 0 Å². The Hall–Kier alpha value is -1.62. The van der Waals surface area contributed by atoms with Crippen molar-refractivity contribution in [1.29, 1.82) is 0 Å². The Bertz CT molecular complexity index is 443. The molecule has 18 heavy (non-hydrogen) atoms. The second-order valence-electron chi connectivity index (χ2n) is 4.89. The summed E-state index contributed by atoms with van der Waals surface area (Å²) >= 11 is 0. The molecular weight excluding hydrogens is 228 g/mol. The summed E-state index contributed by atoms with van der Waals surface area (Å²) < 4.78 is 0. The molecule has 0 aromatic carbocycles. The van der Waals surface area contributed by atoms with Crippen LogP contribution in [0.5, 0.6) is 0 Å². The lowest BCUT2D eigenvalue weighted by molar-refractivity contribution is -0.129. The maximum atomic E-state index is 11.6. The monoisotopic (exact) mass is 250 g/mol. The number of aryl methyl sites for hydroxylation is 1. The van der Waals surface area contributed by atoms with Crippen molar-refractivity contribution in [3.8, 4) is 0 Å². The minimum atomic E-state index is 0.0789. The van der Waals surface area contributed by atoms with Gasteiger partial charge >= 0.3 is 0 Å². The molecule has 0 saturated carbocycles. The number of anilines is 1. The van der Waals surface area contributed by atoms with E-state index in [1.54, 1.807) is 25.2 Å². The van der Waals surface area contributed by atoms with Crippen molar-refractivity contribution < 1.29 is 4.79 Å². The van der Waals surface area contributed by atoms with Gasteiger partial charge in [-0.3, -0.25) is 14.7 Å². The molecule has 1 aromatic rings. The summed E-state index contributed by atoms with van der Waals surface area (Å²) in [5.74, 6) is 0.0789. The number of nitrogens with zero attached hydrogens (tertiary/aromatic N) is 3. The highest BCUT2D eigenvalue weighted by molar-refractivity contribution is 5.77. The van der Waals surface area contributed by atoms with Crippen LogP contribution in [-0.2, 0) is 11.3 Å². The fourth-order valence-electron chi connectivity index (χ4n) is 1.64. The van der Waals surface area contributed by atoms with Crippen LogP contribution in [0.3, 0.4) is 0 Å². The van der Waals surface area contributed by atoms with Crippen molar-refractivity contribution in [2.75, 3.05) is 33.4 Å². The van der Waals surface area contributed by atoms with Crippen molar-refractivity contribution in [3.63, 3.8) is 0 Å². The van der Waals surface area contributed by atoms with Gasteiger partial charge in [-0.15, -0.1) is 0 Å². The normalized spacial score (nSPS) is 10.8. The maximum absolute atomic E-state index is 11.6. The zero-order chi connectivity index (χ0) is 13.9. The third-order valence-electron chi connectivity index (χ3n) is 3.00. The topological polar surface area (TPSA) is 62.5 Å². The van der Waals surface area contributed by atoms with Gasteiger partial charge in [0.25, 0.3) is 0 Å². The number of hydrogen-bond acceptors (Lipinski definition) is 4. The number of carbonyl (C=O) groups is 1. The number of hydrogen-bond donors (Lipinski definition) is 1. The van der Waals surface area contributed by atoms with Gasteiger partial charge < -0.3 is 10.6 Å². The van der Waals surface area contributed by atoms with Gasteiger partial charge in [-0.05, 0) is 32.0 Å². The van der Waals surface area contributed by atoms with Crippen LogP contribution in [0.4, 0.5) is 5.69 Å². The van der Waals surface area contributed by atoms with E-state index in [1.807, 2.05) is 25.8 Å². The predicted octanol–water partition coefficient (Wildman–Crippen LogP) is 0.801. The Morgan fingerprint density at radius 1 is 1.33 bits per heavy atom. The van der Waals surface area contributed by atoms with Crippen molar-refractivity contribution >= 4 is 11.6 Å². The Balaban J connectivity index is 2.74. The molecule has 5 nitrogen and oxygen atoms in total. The molecule has 100 valence electrons. The van der Waals surface area contributed by atoms with E-state index in [-0.39, 0.29) is 5.91 Å². The molecule has 0 aliphatic carbocycles. The quantitative estimate of drug-likeness (QED) is 0.858. The fraction of sp³-hybridized carbons (Fsp3) is 0.538. The average molecular weight is 250 g/mol. The Kier molecular flexibility index (Phi) is 4.67. The van der Waals surface area contributed by atoms with E-state index >= 15 is 0 Å². The van der Waals surface area contributed by atoms with Crippen LogP contribution in [0.25, 0.3) is 0 Å². The predicted molar refractivity (Wildman–Crippen MR) is 73.2 cm³/mol. The van der Waals surface area contributed by atoms with Crippen LogP contribution in [0, 0.1) is 13.8 Å². The molecule has 1 heterocycles. The first-order chi connectivity index (χ1) is 8.32. The summed E-state index contributed by atoms with van der Waals surface area (Å²) in [6.45, 7) is 4.91. The van der Waals surface area contributed by atoms with Crippen molar-refractivity contribution in [2.45, 2.75) is 20.4 Å². The highest BCUT2D eigenvalue weighted by atomic mass is 16.2. The molecule has 2 N–H and O–H groups in total. The molecule has 1 aromatic heterocycles. The van der Waals surface area contributed by atoms with E-state index in [9.17, 15) is 4.79 Å². The van der Waals surface area contributed by atoms with E-state index in [0.29, 0.717) is 13.1 Å². The highest BCUT2D eigenvalue weighted by Gasteiger charge is 2.12. The molecule has 0 bridgehead atoms. The molecule has 0 aliphatic rings. The van der Waals surface area contributed by atoms with Crippen LogP contribution in [0.2, 0.25) is 0 Å². The van der Waals surface area contributed by atoms with Crippen molar-refractivity contribution in [3.05, 3.63) is 23.0 Å². The molecule has 0 unspecified atom stereocenters. The van der Waals surface area contributed by atoms with E-state index in [0.717, 1.165) is 22.5 Å². The number of aromatic nitrogens is 1. The number of nitrogens with two attached hydrogens (primary N) is 1. The Morgan fingerprint density at radius 2 is 1.94 bits per heavy atom. The summed E-state index contributed by atoms with van der Waals surface area (Å²) in [6, 6.07) is 0. The SMILES string of the molecule is Cc1cnc(CN(C)CC(=O)N(C)C)c(C)c1N. The molecule has 5 heteroatoms. The molecule has 0 atom stereocenters. The number of carbonyl (C=O) groups excluding carboxylic acids is 1. The van der Waals surface area contributed by atoms with Gasteiger partial charge in [-0.1, -0.05) is 0 Å². The molecule has 0 saturated heterocycles. The summed E-state index contributed by atoms with van der Waals surface area (Å²) in [5.41, 5.74) is 9.67. The van der Waals surface area contributed by atoms with Gasteiger partial charge in [0.15, 0.2) is 0 Å². The number of pyridine rings is 1. The van der Waals surface area contributed by atoms with E-state index in [1.165, 1.54) is 0 Å². The average Bonchev–Trinajstić information content (AvgIpc) is 2.29. The summed E-state index contributed by atoms with van der Waals surface area (Å²) in [4.78, 5) is 19.5. The van der Waals surface area contributed by atoms with Gasteiger partial charge in [0, 0.05) is 32.5 Å². The fourth-order valence-corrected chi connectivity index (χ4v) is 1.64. The molecule has 1 rings (SSSR count). The van der Waals surface area contributed by atoms with Crippen LogP contribution < -0.4 is 5.73 Å². The first-order valence-electron chi connectivity index (χ1n) is 5.92. The van der Waals surface area contributed by atoms with Crippen molar-refractivity contribution in [2.24, 2.45) is 0 Å². The summed E-state index contributed by atoms with van der Waals surface area (Å²) in [6.07, 6.45) is 1.78. The number of nitrogen functional groups attached to an aromatic ring is 1. The van der Waals surface area contributed by atoms with Gasteiger partial charge in [0.05, 0.1) is 12.2 Å². The molecule has 0 spiro atoms. The third kappa shape index (κ3) is 3.43. The molecule has 0 radical (unpaired) electrons. The van der Waals surface area contributed by atoms with Crippen LogP contribution in [0.1, 0.15) is 16.8 Å². The number of likely N-dealkylation sites (N-methyl/N-ethyl adjacent to an activating group) is 2. The maximum Gasteiger partial charge on any atom is 0.236 e. The van der Waals surface area contributed by atoms with Crippen molar-refractivity contribution in [1.82, 2.24) is 14.8 Å². The van der Waals surface area contributed by atoms with Gasteiger partial charge in [-0.25, -0.2) is 0 Å². The lowest BCUT2D eigenvalue weighted by Crippen LogP contribution is -2.34. The van der Waals surface area contributed by atoms with Crippen LogP contribution >= 0.6 is 0 Å². The Morgan fingerprint density at radius 3 is 2.50 bits per heavy atom.